The lowest BCUT2D eigenvalue weighted by Crippen LogP contribution is -2.31. The van der Waals surface area contributed by atoms with E-state index in [1.807, 2.05) is 32.0 Å². The summed E-state index contributed by atoms with van der Waals surface area (Å²) in [5.41, 5.74) is 3.33. The van der Waals surface area contributed by atoms with E-state index in [-0.39, 0.29) is 11.3 Å². The number of nitrogens with zero attached hydrogens (tertiary/aromatic N) is 1. The molecule has 1 aliphatic heterocycles. The molecule has 2 heterocycles. The molecule has 0 radical (unpaired) electrons. The molecule has 0 fully saturated rings. The van der Waals surface area contributed by atoms with Gasteiger partial charge in [0, 0.05) is 22.2 Å². The number of aliphatic hydroxyl groups excluding tert-OH is 1. The van der Waals surface area contributed by atoms with Crippen molar-refractivity contribution in [2.45, 2.75) is 19.9 Å². The number of amides is 1. The summed E-state index contributed by atoms with van der Waals surface area (Å²) in [6.45, 7) is 3.84. The molecular weight excluding hydrogens is 494 g/mol. The molecule has 1 unspecified atom stereocenters. The van der Waals surface area contributed by atoms with E-state index < -0.39 is 23.5 Å². The number of rotatable bonds is 6. The third kappa shape index (κ3) is 4.21. The van der Waals surface area contributed by atoms with Crippen LogP contribution >= 0.6 is 11.6 Å². The lowest BCUT2D eigenvalue weighted by molar-refractivity contribution is -0.117. The molecule has 188 valence electrons. The number of aryl methyl sites for hydroxylation is 2. The number of benzene rings is 3. The first-order chi connectivity index (χ1) is 17.7. The average molecular weight is 518 g/mol. The Morgan fingerprint density at radius 1 is 0.973 bits per heavy atom. The van der Waals surface area contributed by atoms with E-state index in [2.05, 4.69) is 0 Å². The van der Waals surface area contributed by atoms with Crippen LogP contribution in [-0.4, -0.2) is 31.0 Å². The molecule has 5 rings (SSSR count). The predicted molar refractivity (Wildman–Crippen MR) is 141 cm³/mol. The Morgan fingerprint density at radius 2 is 1.65 bits per heavy atom. The minimum absolute atomic E-state index is 0.0503. The van der Waals surface area contributed by atoms with Crippen molar-refractivity contribution in [1.29, 1.82) is 0 Å². The average Bonchev–Trinajstić information content (AvgIpc) is 3.41. The van der Waals surface area contributed by atoms with Crippen molar-refractivity contribution in [2.75, 3.05) is 19.1 Å². The van der Waals surface area contributed by atoms with E-state index in [9.17, 15) is 14.7 Å². The number of furan rings is 1. The molecule has 3 aromatic carbocycles. The molecule has 1 amide bonds. The van der Waals surface area contributed by atoms with Crippen LogP contribution in [0.5, 0.6) is 11.5 Å². The number of carbonyl (C=O) groups is 2. The zero-order chi connectivity index (χ0) is 26.4. The maximum atomic E-state index is 13.9. The summed E-state index contributed by atoms with van der Waals surface area (Å²) in [7, 11) is 3.03. The minimum atomic E-state index is -0.897. The molecule has 1 aliphatic rings. The van der Waals surface area contributed by atoms with Gasteiger partial charge in [-0.15, -0.1) is 0 Å². The van der Waals surface area contributed by atoms with Gasteiger partial charge in [-0.25, -0.2) is 0 Å². The van der Waals surface area contributed by atoms with Crippen LogP contribution in [0.2, 0.25) is 5.02 Å². The molecule has 1 atom stereocenters. The summed E-state index contributed by atoms with van der Waals surface area (Å²) >= 11 is 6.18. The third-order valence-electron chi connectivity index (χ3n) is 6.36. The standard InChI is InChI=1S/C29H24ClNO6/c1-15-9-16(2)11-20(10-15)31-25(17-5-7-21(35-3)8-6-17)24(27(33)29(31)34)26(32)22-13-18-12-19(30)14-23(36-4)28(18)37-22/h5-14,25,33H,1-4H3. The Morgan fingerprint density at radius 3 is 2.27 bits per heavy atom. The second-order valence-electron chi connectivity index (χ2n) is 8.93. The van der Waals surface area contributed by atoms with E-state index in [0.717, 1.165) is 11.1 Å². The summed E-state index contributed by atoms with van der Waals surface area (Å²) in [5, 5.41) is 12.0. The van der Waals surface area contributed by atoms with Crippen LogP contribution in [0.15, 0.2) is 76.4 Å². The molecule has 0 saturated carbocycles. The maximum Gasteiger partial charge on any atom is 0.294 e. The molecule has 0 bridgehead atoms. The topological polar surface area (TPSA) is 89.2 Å². The Balaban J connectivity index is 1.67. The monoisotopic (exact) mass is 517 g/mol. The maximum absolute atomic E-state index is 13.9. The Labute approximate surface area is 218 Å². The minimum Gasteiger partial charge on any atom is -0.503 e. The van der Waals surface area contributed by atoms with E-state index in [4.69, 9.17) is 25.5 Å². The Bertz CT molecular complexity index is 1560. The van der Waals surface area contributed by atoms with Gasteiger partial charge in [-0.1, -0.05) is 29.8 Å². The van der Waals surface area contributed by atoms with Gasteiger partial charge in [-0.2, -0.15) is 0 Å². The van der Waals surface area contributed by atoms with Crippen molar-refractivity contribution < 1.29 is 28.6 Å². The molecular formula is C29H24ClNO6. The van der Waals surface area contributed by atoms with Gasteiger partial charge in [-0.05, 0) is 66.9 Å². The number of hydrogen-bond acceptors (Lipinski definition) is 6. The van der Waals surface area contributed by atoms with Gasteiger partial charge in [-0.3, -0.25) is 14.5 Å². The summed E-state index contributed by atoms with van der Waals surface area (Å²) in [5.74, 6) is -0.987. The zero-order valence-corrected chi connectivity index (χ0v) is 21.4. The van der Waals surface area contributed by atoms with Gasteiger partial charge in [0.25, 0.3) is 5.91 Å². The number of anilines is 1. The number of methoxy groups -OCH3 is 2. The Hall–Kier alpha value is -4.23. The molecule has 1 N–H and O–H groups in total. The van der Waals surface area contributed by atoms with Crippen molar-refractivity contribution >= 4 is 39.9 Å². The van der Waals surface area contributed by atoms with Gasteiger partial charge in [0.05, 0.1) is 25.8 Å². The first kappa shape index (κ1) is 24.5. The summed E-state index contributed by atoms with van der Waals surface area (Å²) in [4.78, 5) is 28.8. The summed E-state index contributed by atoms with van der Waals surface area (Å²) in [6, 6.07) is 16.5. The van der Waals surface area contributed by atoms with Crippen molar-refractivity contribution in [1.82, 2.24) is 0 Å². The number of hydrogen-bond donors (Lipinski definition) is 1. The van der Waals surface area contributed by atoms with Gasteiger partial charge in [0.15, 0.2) is 22.9 Å². The predicted octanol–water partition coefficient (Wildman–Crippen LogP) is 6.50. The fraction of sp³-hybridized carbons (Fsp3) is 0.172. The fourth-order valence-electron chi connectivity index (χ4n) is 4.78. The number of fused-ring (bicyclic) bond motifs is 1. The van der Waals surface area contributed by atoms with Gasteiger partial charge in [0.1, 0.15) is 5.75 Å². The largest absolute Gasteiger partial charge is 0.503 e. The first-order valence-corrected chi connectivity index (χ1v) is 11.9. The van der Waals surface area contributed by atoms with E-state index in [0.29, 0.717) is 38.7 Å². The lowest BCUT2D eigenvalue weighted by atomic mass is 9.94. The molecule has 8 heteroatoms. The fourth-order valence-corrected chi connectivity index (χ4v) is 4.99. The van der Waals surface area contributed by atoms with Crippen LogP contribution in [0, 0.1) is 13.8 Å². The van der Waals surface area contributed by atoms with Crippen LogP contribution in [0.4, 0.5) is 5.69 Å². The second kappa shape index (κ2) is 9.33. The SMILES string of the molecule is COc1ccc(C2C(C(=O)c3cc4cc(Cl)cc(OC)c4o3)=C(O)C(=O)N2c2cc(C)cc(C)c2)cc1. The summed E-state index contributed by atoms with van der Waals surface area (Å²) in [6.07, 6.45) is 0. The number of carbonyl (C=O) groups excluding carboxylic acids is 2. The summed E-state index contributed by atoms with van der Waals surface area (Å²) < 4.78 is 16.5. The van der Waals surface area contributed by atoms with E-state index in [1.165, 1.54) is 18.1 Å². The van der Waals surface area contributed by atoms with Crippen LogP contribution in [0.1, 0.15) is 33.3 Å². The third-order valence-corrected chi connectivity index (χ3v) is 6.58. The van der Waals surface area contributed by atoms with Crippen molar-refractivity contribution in [3.8, 4) is 11.5 Å². The van der Waals surface area contributed by atoms with Crippen LogP contribution < -0.4 is 14.4 Å². The van der Waals surface area contributed by atoms with Crippen LogP contribution in [0.25, 0.3) is 11.0 Å². The highest BCUT2D eigenvalue weighted by Gasteiger charge is 2.45. The smallest absolute Gasteiger partial charge is 0.294 e. The van der Waals surface area contributed by atoms with Crippen LogP contribution in [0.3, 0.4) is 0 Å². The molecule has 0 saturated heterocycles. The lowest BCUT2D eigenvalue weighted by Gasteiger charge is -2.27. The number of ketones is 1. The molecule has 4 aromatic rings. The highest BCUT2D eigenvalue weighted by Crippen LogP contribution is 2.43. The molecule has 1 aromatic heterocycles. The molecule has 0 spiro atoms. The number of ether oxygens (including phenoxy) is 2. The molecule has 37 heavy (non-hydrogen) atoms. The first-order valence-electron chi connectivity index (χ1n) is 11.5. The van der Waals surface area contributed by atoms with E-state index >= 15 is 0 Å². The van der Waals surface area contributed by atoms with Gasteiger partial charge in [0.2, 0.25) is 5.78 Å². The number of Topliss-reactive ketones (excluding diaryl/α,β-unsaturated/α-hetero) is 1. The van der Waals surface area contributed by atoms with Crippen molar-refractivity contribution in [2.24, 2.45) is 0 Å². The van der Waals surface area contributed by atoms with Crippen molar-refractivity contribution in [3.05, 3.63) is 99.5 Å². The highest BCUT2D eigenvalue weighted by molar-refractivity contribution is 6.31. The quantitative estimate of drug-likeness (QED) is 0.293. The normalized spacial score (nSPS) is 15.5. The van der Waals surface area contributed by atoms with Gasteiger partial charge < -0.3 is 19.0 Å². The van der Waals surface area contributed by atoms with Crippen LogP contribution in [-0.2, 0) is 4.79 Å². The van der Waals surface area contributed by atoms with Gasteiger partial charge >= 0.3 is 0 Å². The van der Waals surface area contributed by atoms with Crippen molar-refractivity contribution in [3.63, 3.8) is 0 Å². The second-order valence-corrected chi connectivity index (χ2v) is 9.36. The number of aliphatic hydroxyl groups is 1. The highest BCUT2D eigenvalue weighted by atomic mass is 35.5. The van der Waals surface area contributed by atoms with E-state index in [1.54, 1.807) is 43.5 Å². The zero-order valence-electron chi connectivity index (χ0n) is 20.7. The number of halogens is 1. The Kier molecular flexibility index (Phi) is 6.17. The molecule has 7 nitrogen and oxygen atoms in total. The molecule has 0 aliphatic carbocycles.